The van der Waals surface area contributed by atoms with Crippen LogP contribution >= 0.6 is 0 Å². The molecule has 0 heterocycles. The number of hydrogen-bond acceptors (Lipinski definition) is 2. The van der Waals surface area contributed by atoms with Crippen LogP contribution in [0.4, 0.5) is 0 Å². The fourth-order valence-electron chi connectivity index (χ4n) is 2.05. The minimum atomic E-state index is 0.221. The summed E-state index contributed by atoms with van der Waals surface area (Å²) in [5.41, 5.74) is 0. The zero-order chi connectivity index (χ0) is 10.4. The van der Waals surface area contributed by atoms with Crippen LogP contribution in [0.2, 0.25) is 0 Å². The number of amides is 1. The predicted octanol–water partition coefficient (Wildman–Crippen LogP) is 1.24. The van der Waals surface area contributed by atoms with Gasteiger partial charge in [0.05, 0.1) is 6.54 Å². The third-order valence-corrected chi connectivity index (χ3v) is 2.96. The molecule has 0 aliphatic heterocycles. The molecule has 0 radical (unpaired) electrons. The Hall–Kier alpha value is -0.570. The maximum absolute atomic E-state index is 11.6. The molecule has 1 rings (SSSR count). The Labute approximate surface area is 86.9 Å². The zero-order valence-electron chi connectivity index (χ0n) is 9.38. The van der Waals surface area contributed by atoms with Gasteiger partial charge < -0.3 is 10.2 Å². The van der Waals surface area contributed by atoms with Crippen molar-refractivity contribution in [3.05, 3.63) is 0 Å². The van der Waals surface area contributed by atoms with E-state index < -0.39 is 0 Å². The Kier molecular flexibility index (Phi) is 4.94. The first kappa shape index (κ1) is 11.5. The predicted molar refractivity (Wildman–Crippen MR) is 58.1 cm³/mol. The van der Waals surface area contributed by atoms with Gasteiger partial charge in [0.2, 0.25) is 5.91 Å². The van der Waals surface area contributed by atoms with Gasteiger partial charge in [-0.2, -0.15) is 0 Å². The maximum atomic E-state index is 11.6. The van der Waals surface area contributed by atoms with Crippen LogP contribution in [0.5, 0.6) is 0 Å². The van der Waals surface area contributed by atoms with Gasteiger partial charge in [-0.05, 0) is 25.3 Å². The van der Waals surface area contributed by atoms with Crippen molar-refractivity contribution in [1.29, 1.82) is 0 Å². The molecule has 0 unspecified atom stereocenters. The average molecular weight is 198 g/mol. The molecule has 0 saturated heterocycles. The van der Waals surface area contributed by atoms with Crippen molar-refractivity contribution in [1.82, 2.24) is 10.2 Å². The lowest BCUT2D eigenvalue weighted by Gasteiger charge is -2.21. The quantitative estimate of drug-likeness (QED) is 0.721. The molecule has 1 N–H and O–H groups in total. The van der Waals surface area contributed by atoms with E-state index in [1.807, 2.05) is 18.9 Å². The van der Waals surface area contributed by atoms with E-state index in [0.717, 1.165) is 19.0 Å². The SMILES string of the molecule is CCNCC(=O)N(C)CC1CCCC1. The number of hydrogen-bond donors (Lipinski definition) is 1. The van der Waals surface area contributed by atoms with Crippen LogP contribution in [0.25, 0.3) is 0 Å². The van der Waals surface area contributed by atoms with Gasteiger partial charge in [0.1, 0.15) is 0 Å². The van der Waals surface area contributed by atoms with Crippen molar-refractivity contribution in [3.8, 4) is 0 Å². The molecule has 14 heavy (non-hydrogen) atoms. The first-order chi connectivity index (χ1) is 6.74. The topological polar surface area (TPSA) is 32.3 Å². The summed E-state index contributed by atoms with van der Waals surface area (Å²) in [6.45, 7) is 4.32. The molecule has 1 aliphatic carbocycles. The van der Waals surface area contributed by atoms with Crippen LogP contribution in [0, 0.1) is 5.92 Å². The second-order valence-corrected chi connectivity index (χ2v) is 4.21. The van der Waals surface area contributed by atoms with Gasteiger partial charge in [0.15, 0.2) is 0 Å². The van der Waals surface area contributed by atoms with Gasteiger partial charge in [0.25, 0.3) is 0 Å². The summed E-state index contributed by atoms with van der Waals surface area (Å²) in [6, 6.07) is 0. The number of carbonyl (C=O) groups excluding carboxylic acids is 1. The lowest BCUT2D eigenvalue weighted by atomic mass is 10.1. The number of nitrogens with one attached hydrogen (secondary N) is 1. The summed E-state index contributed by atoms with van der Waals surface area (Å²) < 4.78 is 0. The molecule has 0 aromatic carbocycles. The van der Waals surface area contributed by atoms with Crippen LogP contribution in [-0.4, -0.2) is 37.5 Å². The highest BCUT2D eigenvalue weighted by Gasteiger charge is 2.18. The summed E-state index contributed by atoms with van der Waals surface area (Å²) >= 11 is 0. The molecule has 1 fully saturated rings. The highest BCUT2D eigenvalue weighted by molar-refractivity contribution is 5.77. The minimum absolute atomic E-state index is 0.221. The third-order valence-electron chi connectivity index (χ3n) is 2.96. The summed E-state index contributed by atoms with van der Waals surface area (Å²) in [5, 5.41) is 3.06. The van der Waals surface area contributed by atoms with Crippen LogP contribution in [0.3, 0.4) is 0 Å². The van der Waals surface area contributed by atoms with E-state index in [1.165, 1.54) is 25.7 Å². The second-order valence-electron chi connectivity index (χ2n) is 4.21. The van der Waals surface area contributed by atoms with E-state index in [9.17, 15) is 4.79 Å². The molecule has 82 valence electrons. The lowest BCUT2D eigenvalue weighted by molar-refractivity contribution is -0.129. The van der Waals surface area contributed by atoms with Crippen LogP contribution in [0.15, 0.2) is 0 Å². The van der Waals surface area contributed by atoms with Crippen molar-refractivity contribution >= 4 is 5.91 Å². The molecule has 0 aromatic rings. The Morgan fingerprint density at radius 2 is 2.07 bits per heavy atom. The summed E-state index contributed by atoms with van der Waals surface area (Å²) in [6.07, 6.45) is 5.30. The molecule has 0 atom stereocenters. The van der Waals surface area contributed by atoms with E-state index in [4.69, 9.17) is 0 Å². The first-order valence-electron chi connectivity index (χ1n) is 5.68. The third kappa shape index (κ3) is 3.66. The summed E-state index contributed by atoms with van der Waals surface area (Å²) in [5.74, 6) is 0.976. The van der Waals surface area contributed by atoms with E-state index in [0.29, 0.717) is 6.54 Å². The van der Waals surface area contributed by atoms with E-state index in [1.54, 1.807) is 0 Å². The van der Waals surface area contributed by atoms with Crippen LogP contribution in [0.1, 0.15) is 32.6 Å². The van der Waals surface area contributed by atoms with Crippen molar-refractivity contribution in [2.45, 2.75) is 32.6 Å². The summed E-state index contributed by atoms with van der Waals surface area (Å²) in [4.78, 5) is 13.4. The molecule has 3 nitrogen and oxygen atoms in total. The molecular weight excluding hydrogens is 176 g/mol. The molecule has 0 aromatic heterocycles. The van der Waals surface area contributed by atoms with Crippen molar-refractivity contribution in [3.63, 3.8) is 0 Å². The number of likely N-dealkylation sites (N-methyl/N-ethyl adjacent to an activating group) is 2. The standard InChI is InChI=1S/C11H22N2O/c1-3-12-8-11(14)13(2)9-10-6-4-5-7-10/h10,12H,3-9H2,1-2H3. The number of rotatable bonds is 5. The van der Waals surface area contributed by atoms with Gasteiger partial charge in [0, 0.05) is 13.6 Å². The van der Waals surface area contributed by atoms with Gasteiger partial charge in [-0.25, -0.2) is 0 Å². The fraction of sp³-hybridized carbons (Fsp3) is 0.909. The molecular formula is C11H22N2O. The average Bonchev–Trinajstić information content (AvgIpc) is 2.66. The monoisotopic (exact) mass is 198 g/mol. The Balaban J connectivity index is 2.18. The smallest absolute Gasteiger partial charge is 0.236 e. The molecule has 0 spiro atoms. The van der Waals surface area contributed by atoms with Gasteiger partial charge in [-0.15, -0.1) is 0 Å². The number of nitrogens with zero attached hydrogens (tertiary/aromatic N) is 1. The normalized spacial score (nSPS) is 17.3. The van der Waals surface area contributed by atoms with Crippen molar-refractivity contribution in [2.75, 3.05) is 26.7 Å². The zero-order valence-corrected chi connectivity index (χ0v) is 9.38. The minimum Gasteiger partial charge on any atom is -0.344 e. The Bertz CT molecular complexity index is 176. The molecule has 3 heteroatoms. The van der Waals surface area contributed by atoms with Crippen molar-refractivity contribution < 1.29 is 4.79 Å². The van der Waals surface area contributed by atoms with Gasteiger partial charge in [-0.1, -0.05) is 19.8 Å². The summed E-state index contributed by atoms with van der Waals surface area (Å²) in [7, 11) is 1.91. The second kappa shape index (κ2) is 6.02. The van der Waals surface area contributed by atoms with Crippen LogP contribution in [-0.2, 0) is 4.79 Å². The Morgan fingerprint density at radius 3 is 2.64 bits per heavy atom. The maximum Gasteiger partial charge on any atom is 0.236 e. The first-order valence-corrected chi connectivity index (χ1v) is 5.68. The lowest BCUT2D eigenvalue weighted by Crippen LogP contribution is -2.37. The largest absolute Gasteiger partial charge is 0.344 e. The molecule has 1 aliphatic rings. The highest BCUT2D eigenvalue weighted by Crippen LogP contribution is 2.24. The fourth-order valence-corrected chi connectivity index (χ4v) is 2.05. The van der Waals surface area contributed by atoms with Gasteiger partial charge in [-0.3, -0.25) is 4.79 Å². The van der Waals surface area contributed by atoms with Gasteiger partial charge >= 0.3 is 0 Å². The van der Waals surface area contributed by atoms with E-state index >= 15 is 0 Å². The number of carbonyl (C=O) groups is 1. The van der Waals surface area contributed by atoms with E-state index in [2.05, 4.69) is 5.32 Å². The molecule has 1 amide bonds. The molecule has 1 saturated carbocycles. The van der Waals surface area contributed by atoms with Crippen LogP contribution < -0.4 is 5.32 Å². The van der Waals surface area contributed by atoms with E-state index in [-0.39, 0.29) is 5.91 Å². The molecule has 0 bridgehead atoms. The highest BCUT2D eigenvalue weighted by atomic mass is 16.2. The Morgan fingerprint density at radius 1 is 1.43 bits per heavy atom. The van der Waals surface area contributed by atoms with Crippen molar-refractivity contribution in [2.24, 2.45) is 5.92 Å².